The van der Waals surface area contributed by atoms with E-state index in [-0.39, 0.29) is 5.91 Å². The predicted octanol–water partition coefficient (Wildman–Crippen LogP) is 3.70. The topological polar surface area (TPSA) is 55.1 Å². The van der Waals surface area contributed by atoms with Gasteiger partial charge in [-0.1, -0.05) is 12.2 Å². The minimum Gasteiger partial charge on any atom is -0.463 e. The quantitative estimate of drug-likeness (QED) is 0.865. The van der Waals surface area contributed by atoms with E-state index in [4.69, 9.17) is 4.42 Å². The number of carbonyl (C=O) groups excluding carboxylic acids is 1. The van der Waals surface area contributed by atoms with Gasteiger partial charge in [0.25, 0.3) is 0 Å². The first-order valence-corrected chi connectivity index (χ1v) is 7.15. The lowest BCUT2D eigenvalue weighted by atomic mass is 10.1. The van der Waals surface area contributed by atoms with E-state index in [9.17, 15) is 4.79 Å². The smallest absolute Gasteiger partial charge is 0.226 e. The Morgan fingerprint density at radius 2 is 2.53 bits per heavy atom. The van der Waals surface area contributed by atoms with E-state index in [0.29, 0.717) is 17.5 Å². The zero-order valence-electron chi connectivity index (χ0n) is 10.3. The number of furan rings is 1. The molecule has 1 amide bonds. The lowest BCUT2D eigenvalue weighted by Crippen LogP contribution is -2.14. The number of amides is 1. The highest BCUT2D eigenvalue weighted by Crippen LogP contribution is 2.26. The molecular formula is C14H14N2O2S. The van der Waals surface area contributed by atoms with Crippen LogP contribution in [0.1, 0.15) is 19.3 Å². The van der Waals surface area contributed by atoms with Gasteiger partial charge in [-0.3, -0.25) is 4.79 Å². The highest BCUT2D eigenvalue weighted by Gasteiger charge is 2.15. The molecule has 1 N–H and O–H groups in total. The van der Waals surface area contributed by atoms with E-state index in [1.54, 1.807) is 6.26 Å². The zero-order valence-corrected chi connectivity index (χ0v) is 11.2. The van der Waals surface area contributed by atoms with Crippen LogP contribution in [-0.2, 0) is 4.79 Å². The first-order chi connectivity index (χ1) is 9.31. The Balaban J connectivity index is 1.60. The van der Waals surface area contributed by atoms with Crippen LogP contribution in [0.4, 0.5) is 5.13 Å². The Morgan fingerprint density at radius 3 is 3.26 bits per heavy atom. The second-order valence-corrected chi connectivity index (χ2v) is 5.39. The summed E-state index contributed by atoms with van der Waals surface area (Å²) in [6.07, 6.45) is 8.55. The van der Waals surface area contributed by atoms with Gasteiger partial charge in [-0.25, -0.2) is 4.98 Å². The van der Waals surface area contributed by atoms with Crippen molar-refractivity contribution in [2.45, 2.75) is 19.3 Å². The third-order valence-corrected chi connectivity index (χ3v) is 3.84. The molecule has 0 aliphatic heterocycles. The molecular weight excluding hydrogens is 260 g/mol. The van der Waals surface area contributed by atoms with Crippen molar-refractivity contribution in [2.75, 3.05) is 5.32 Å². The van der Waals surface area contributed by atoms with Crippen LogP contribution in [0.2, 0.25) is 0 Å². The molecule has 0 spiro atoms. The van der Waals surface area contributed by atoms with Gasteiger partial charge < -0.3 is 9.73 Å². The number of hydrogen-bond acceptors (Lipinski definition) is 4. The van der Waals surface area contributed by atoms with E-state index in [2.05, 4.69) is 22.5 Å². The van der Waals surface area contributed by atoms with Gasteiger partial charge in [-0.2, -0.15) is 0 Å². The molecule has 2 aromatic heterocycles. The minimum atomic E-state index is 0.0249. The molecule has 0 saturated carbocycles. The molecule has 0 bridgehead atoms. The second-order valence-electron chi connectivity index (χ2n) is 4.53. The van der Waals surface area contributed by atoms with Crippen molar-refractivity contribution in [3.63, 3.8) is 0 Å². The van der Waals surface area contributed by atoms with Crippen LogP contribution >= 0.6 is 11.3 Å². The monoisotopic (exact) mass is 274 g/mol. The average molecular weight is 274 g/mol. The molecule has 2 heterocycles. The maximum Gasteiger partial charge on any atom is 0.226 e. The number of carbonyl (C=O) groups is 1. The van der Waals surface area contributed by atoms with Crippen molar-refractivity contribution < 1.29 is 9.21 Å². The van der Waals surface area contributed by atoms with Gasteiger partial charge in [0.15, 0.2) is 10.9 Å². The first kappa shape index (κ1) is 12.2. The molecule has 4 nitrogen and oxygen atoms in total. The molecule has 1 aliphatic rings. The number of rotatable bonds is 4. The summed E-state index contributed by atoms with van der Waals surface area (Å²) >= 11 is 1.41. The third-order valence-electron chi connectivity index (χ3n) is 3.08. The minimum absolute atomic E-state index is 0.0249. The Morgan fingerprint density at radius 1 is 1.58 bits per heavy atom. The highest BCUT2D eigenvalue weighted by atomic mass is 32.1. The van der Waals surface area contributed by atoms with Crippen LogP contribution in [0, 0.1) is 5.92 Å². The van der Waals surface area contributed by atoms with Crippen molar-refractivity contribution in [1.82, 2.24) is 4.98 Å². The molecule has 1 aliphatic carbocycles. The largest absolute Gasteiger partial charge is 0.463 e. The van der Waals surface area contributed by atoms with Gasteiger partial charge in [-0.15, -0.1) is 11.3 Å². The standard InChI is InChI=1S/C14H14N2O2S/c17-13(8-10-4-1-2-5-10)16-14-15-11(9-19-14)12-6-3-7-18-12/h1,3-4,6-7,9-10H,2,5,8H2,(H,15,16,17). The molecule has 0 aromatic carbocycles. The van der Waals surface area contributed by atoms with E-state index in [1.807, 2.05) is 17.5 Å². The van der Waals surface area contributed by atoms with Crippen LogP contribution in [0.15, 0.2) is 40.3 Å². The molecule has 3 rings (SSSR count). The molecule has 1 atom stereocenters. The fraction of sp³-hybridized carbons (Fsp3) is 0.286. The first-order valence-electron chi connectivity index (χ1n) is 6.27. The summed E-state index contributed by atoms with van der Waals surface area (Å²) < 4.78 is 5.27. The summed E-state index contributed by atoms with van der Waals surface area (Å²) in [5.74, 6) is 1.12. The van der Waals surface area contributed by atoms with Gasteiger partial charge in [0.05, 0.1) is 6.26 Å². The van der Waals surface area contributed by atoms with Crippen molar-refractivity contribution in [1.29, 1.82) is 0 Å². The second kappa shape index (κ2) is 5.40. The maximum atomic E-state index is 11.9. The highest BCUT2D eigenvalue weighted by molar-refractivity contribution is 7.14. The van der Waals surface area contributed by atoms with Gasteiger partial charge in [0, 0.05) is 11.8 Å². The van der Waals surface area contributed by atoms with Crippen LogP contribution in [0.3, 0.4) is 0 Å². The molecule has 5 heteroatoms. The predicted molar refractivity (Wildman–Crippen MR) is 74.9 cm³/mol. The van der Waals surface area contributed by atoms with E-state index < -0.39 is 0 Å². The van der Waals surface area contributed by atoms with Crippen molar-refractivity contribution in [2.24, 2.45) is 5.92 Å². The molecule has 98 valence electrons. The molecule has 2 aromatic rings. The Hall–Kier alpha value is -1.88. The van der Waals surface area contributed by atoms with Gasteiger partial charge in [-0.05, 0) is 30.9 Å². The summed E-state index contributed by atoms with van der Waals surface area (Å²) in [5, 5.41) is 5.35. The maximum absolute atomic E-state index is 11.9. The van der Waals surface area contributed by atoms with Crippen molar-refractivity contribution >= 4 is 22.4 Å². The Labute approximate surface area is 115 Å². The van der Waals surface area contributed by atoms with Crippen LogP contribution in [-0.4, -0.2) is 10.9 Å². The molecule has 0 fully saturated rings. The molecule has 0 radical (unpaired) electrons. The lowest BCUT2D eigenvalue weighted by molar-refractivity contribution is -0.116. The molecule has 0 saturated heterocycles. The van der Waals surface area contributed by atoms with Crippen LogP contribution in [0.25, 0.3) is 11.5 Å². The third kappa shape index (κ3) is 2.93. The number of nitrogens with zero attached hydrogens (tertiary/aromatic N) is 1. The van der Waals surface area contributed by atoms with Gasteiger partial charge in [0.1, 0.15) is 5.69 Å². The summed E-state index contributed by atoms with van der Waals surface area (Å²) in [6.45, 7) is 0. The number of allylic oxidation sites excluding steroid dienone is 2. The van der Waals surface area contributed by atoms with Gasteiger partial charge >= 0.3 is 0 Å². The number of hydrogen-bond donors (Lipinski definition) is 1. The van der Waals surface area contributed by atoms with Gasteiger partial charge in [0.2, 0.25) is 5.91 Å². The number of anilines is 1. The summed E-state index contributed by atoms with van der Waals surface area (Å²) in [7, 11) is 0. The average Bonchev–Trinajstić information content (AvgIpc) is 3.09. The SMILES string of the molecule is O=C(CC1C=CCC1)Nc1nc(-c2ccco2)cs1. The van der Waals surface area contributed by atoms with Crippen LogP contribution < -0.4 is 5.32 Å². The Kier molecular flexibility index (Phi) is 3.46. The molecule has 19 heavy (non-hydrogen) atoms. The number of nitrogens with one attached hydrogen (secondary N) is 1. The normalized spacial score (nSPS) is 17.8. The summed E-state index contributed by atoms with van der Waals surface area (Å²) in [6, 6.07) is 3.67. The Bertz CT molecular complexity index is 586. The van der Waals surface area contributed by atoms with E-state index >= 15 is 0 Å². The lowest BCUT2D eigenvalue weighted by Gasteiger charge is -2.06. The van der Waals surface area contributed by atoms with E-state index in [1.165, 1.54) is 11.3 Å². The number of thiazole rings is 1. The fourth-order valence-electron chi connectivity index (χ4n) is 2.14. The zero-order chi connectivity index (χ0) is 13.1. The van der Waals surface area contributed by atoms with Crippen LogP contribution in [0.5, 0.6) is 0 Å². The molecule has 1 unspecified atom stereocenters. The fourth-order valence-corrected chi connectivity index (χ4v) is 2.86. The summed E-state index contributed by atoms with van der Waals surface area (Å²) in [4.78, 5) is 16.2. The van der Waals surface area contributed by atoms with Crippen molar-refractivity contribution in [3.05, 3.63) is 35.9 Å². The number of aromatic nitrogens is 1. The van der Waals surface area contributed by atoms with E-state index in [0.717, 1.165) is 24.3 Å². The van der Waals surface area contributed by atoms with Crippen molar-refractivity contribution in [3.8, 4) is 11.5 Å². The summed E-state index contributed by atoms with van der Waals surface area (Å²) in [5.41, 5.74) is 0.756.